The number of benzene rings is 1. The van der Waals surface area contributed by atoms with Gasteiger partial charge in [-0.15, -0.1) is 0 Å². The molecule has 1 unspecified atom stereocenters. The first kappa shape index (κ1) is 25.4. The molecule has 3 rings (SSSR count). The summed E-state index contributed by atoms with van der Waals surface area (Å²) in [7, 11) is 0. The molecule has 0 N–H and O–H groups in total. The minimum atomic E-state index is 0.849. The predicted molar refractivity (Wildman–Crippen MR) is 139 cm³/mol. The Labute approximate surface area is 199 Å². The maximum atomic E-state index is 5.85. The largest absolute Gasteiger partial charge is 0.494 e. The minimum absolute atomic E-state index is 0.849. The fourth-order valence-electron chi connectivity index (χ4n) is 5.80. The summed E-state index contributed by atoms with van der Waals surface area (Å²) in [6.07, 6.45) is 26.2. The third-order valence-electron chi connectivity index (χ3n) is 8.20. The zero-order chi connectivity index (χ0) is 22.4. The molecular weight excluding hydrogens is 388 g/mol. The molecule has 1 fully saturated rings. The van der Waals surface area contributed by atoms with E-state index in [1.54, 1.807) is 5.57 Å². The number of hydrogen-bond donors (Lipinski definition) is 0. The SMILES string of the molecule is CCCCCOc1ccc(CCC2=CCC(CCC3CCC(CCCC)CC3)CC2)cc1. The highest BCUT2D eigenvalue weighted by Gasteiger charge is 2.22. The van der Waals surface area contributed by atoms with Crippen molar-refractivity contribution in [1.29, 1.82) is 0 Å². The van der Waals surface area contributed by atoms with Crippen LogP contribution in [-0.2, 0) is 6.42 Å². The summed E-state index contributed by atoms with van der Waals surface area (Å²) in [5.41, 5.74) is 3.15. The molecule has 32 heavy (non-hydrogen) atoms. The number of rotatable bonds is 14. The molecule has 0 amide bonds. The minimum Gasteiger partial charge on any atom is -0.494 e. The molecule has 2 aliphatic carbocycles. The van der Waals surface area contributed by atoms with Crippen LogP contribution in [0.1, 0.15) is 122 Å². The van der Waals surface area contributed by atoms with Crippen LogP contribution in [0, 0.1) is 17.8 Å². The van der Waals surface area contributed by atoms with Crippen molar-refractivity contribution in [2.75, 3.05) is 6.61 Å². The van der Waals surface area contributed by atoms with Gasteiger partial charge in [0.25, 0.3) is 0 Å². The first-order chi connectivity index (χ1) is 15.8. The molecule has 1 nitrogen and oxygen atoms in total. The molecule has 0 saturated heterocycles. The molecule has 1 atom stereocenters. The quantitative estimate of drug-likeness (QED) is 0.207. The number of ether oxygens (including phenoxy) is 1. The molecular formula is C31H50O. The van der Waals surface area contributed by atoms with Crippen molar-refractivity contribution in [3.63, 3.8) is 0 Å². The Kier molecular flexibility index (Phi) is 11.8. The first-order valence-electron chi connectivity index (χ1n) is 14.2. The Hall–Kier alpha value is -1.24. The molecule has 0 aromatic heterocycles. The molecule has 180 valence electrons. The Morgan fingerprint density at radius 1 is 0.719 bits per heavy atom. The van der Waals surface area contributed by atoms with E-state index < -0.39 is 0 Å². The topological polar surface area (TPSA) is 9.23 Å². The summed E-state index contributed by atoms with van der Waals surface area (Å²) in [5.74, 6) is 4.08. The summed E-state index contributed by atoms with van der Waals surface area (Å²) >= 11 is 0. The highest BCUT2D eigenvalue weighted by Crippen LogP contribution is 2.37. The van der Waals surface area contributed by atoms with Crippen molar-refractivity contribution >= 4 is 0 Å². The predicted octanol–water partition coefficient (Wildman–Crippen LogP) is 9.69. The molecule has 0 bridgehead atoms. The van der Waals surface area contributed by atoms with E-state index in [2.05, 4.69) is 44.2 Å². The highest BCUT2D eigenvalue weighted by atomic mass is 16.5. The molecule has 2 aliphatic rings. The van der Waals surface area contributed by atoms with Gasteiger partial charge in [-0.2, -0.15) is 0 Å². The Morgan fingerprint density at radius 3 is 2.06 bits per heavy atom. The van der Waals surface area contributed by atoms with Gasteiger partial charge in [0, 0.05) is 0 Å². The van der Waals surface area contributed by atoms with E-state index in [1.165, 1.54) is 108 Å². The van der Waals surface area contributed by atoms with Crippen molar-refractivity contribution in [2.45, 2.75) is 123 Å². The lowest BCUT2D eigenvalue weighted by molar-refractivity contribution is 0.235. The van der Waals surface area contributed by atoms with Gasteiger partial charge in [-0.3, -0.25) is 0 Å². The number of hydrogen-bond acceptors (Lipinski definition) is 1. The Morgan fingerprint density at radius 2 is 1.41 bits per heavy atom. The van der Waals surface area contributed by atoms with E-state index >= 15 is 0 Å². The zero-order valence-corrected chi connectivity index (χ0v) is 21.3. The maximum Gasteiger partial charge on any atom is 0.119 e. The van der Waals surface area contributed by atoms with Gasteiger partial charge in [0.2, 0.25) is 0 Å². The molecule has 0 heterocycles. The average Bonchev–Trinajstić information content (AvgIpc) is 2.85. The van der Waals surface area contributed by atoms with E-state index in [0.29, 0.717) is 0 Å². The first-order valence-corrected chi connectivity index (χ1v) is 14.2. The van der Waals surface area contributed by atoms with Crippen LogP contribution >= 0.6 is 0 Å². The van der Waals surface area contributed by atoms with Gasteiger partial charge >= 0.3 is 0 Å². The lowest BCUT2D eigenvalue weighted by Gasteiger charge is -2.30. The van der Waals surface area contributed by atoms with E-state index in [4.69, 9.17) is 4.74 Å². The molecule has 0 radical (unpaired) electrons. The summed E-state index contributed by atoms with van der Waals surface area (Å²) in [6, 6.07) is 8.84. The number of aryl methyl sites for hydroxylation is 1. The molecule has 0 spiro atoms. The van der Waals surface area contributed by atoms with Crippen LogP contribution in [0.2, 0.25) is 0 Å². The van der Waals surface area contributed by atoms with Crippen LogP contribution in [0.4, 0.5) is 0 Å². The van der Waals surface area contributed by atoms with Gasteiger partial charge < -0.3 is 4.74 Å². The molecule has 1 heteroatoms. The van der Waals surface area contributed by atoms with E-state index in [1.807, 2.05) is 0 Å². The fourth-order valence-corrected chi connectivity index (χ4v) is 5.80. The van der Waals surface area contributed by atoms with Gasteiger partial charge in [0.05, 0.1) is 6.61 Å². The van der Waals surface area contributed by atoms with Crippen LogP contribution in [0.3, 0.4) is 0 Å². The second kappa shape index (κ2) is 14.8. The van der Waals surface area contributed by atoms with Crippen LogP contribution in [0.15, 0.2) is 35.9 Å². The van der Waals surface area contributed by atoms with E-state index in [9.17, 15) is 0 Å². The summed E-state index contributed by atoms with van der Waals surface area (Å²) < 4.78 is 5.85. The van der Waals surface area contributed by atoms with E-state index in [-0.39, 0.29) is 0 Å². The molecule has 1 aromatic rings. The summed E-state index contributed by atoms with van der Waals surface area (Å²) in [5, 5.41) is 0. The van der Waals surface area contributed by atoms with Crippen LogP contribution in [-0.4, -0.2) is 6.61 Å². The van der Waals surface area contributed by atoms with Crippen molar-refractivity contribution in [2.24, 2.45) is 17.8 Å². The lowest BCUT2D eigenvalue weighted by Crippen LogP contribution is -2.16. The van der Waals surface area contributed by atoms with Crippen molar-refractivity contribution < 1.29 is 4.74 Å². The normalized spacial score (nSPS) is 23.7. The molecule has 1 saturated carbocycles. The molecule has 0 aliphatic heterocycles. The Bertz CT molecular complexity index is 635. The van der Waals surface area contributed by atoms with Crippen molar-refractivity contribution in [3.8, 4) is 5.75 Å². The second-order valence-electron chi connectivity index (χ2n) is 10.8. The maximum absolute atomic E-state index is 5.85. The highest BCUT2D eigenvalue weighted by molar-refractivity contribution is 5.28. The summed E-state index contributed by atoms with van der Waals surface area (Å²) in [6.45, 7) is 5.41. The standard InChI is InChI=1S/C31H50O/c1-3-5-7-25-32-31-23-21-30(22-24-31)20-19-29-17-15-28(16-18-29)14-13-27-11-9-26(10-12-27)8-6-4-2/h17,21-24,26-28H,3-16,18-20,25H2,1-2H3. The van der Waals surface area contributed by atoms with Crippen molar-refractivity contribution in [3.05, 3.63) is 41.5 Å². The van der Waals surface area contributed by atoms with Gasteiger partial charge in [0.1, 0.15) is 5.75 Å². The van der Waals surface area contributed by atoms with Crippen LogP contribution < -0.4 is 4.74 Å². The van der Waals surface area contributed by atoms with Gasteiger partial charge in [0.15, 0.2) is 0 Å². The third-order valence-corrected chi connectivity index (χ3v) is 8.20. The van der Waals surface area contributed by atoms with Gasteiger partial charge in [-0.1, -0.05) is 102 Å². The van der Waals surface area contributed by atoms with Crippen molar-refractivity contribution in [1.82, 2.24) is 0 Å². The molecule has 1 aromatic carbocycles. The number of allylic oxidation sites excluding steroid dienone is 2. The number of unbranched alkanes of at least 4 members (excludes halogenated alkanes) is 3. The lowest BCUT2D eigenvalue weighted by atomic mass is 9.76. The second-order valence-corrected chi connectivity index (χ2v) is 10.8. The Balaban J connectivity index is 1.28. The van der Waals surface area contributed by atoms with Gasteiger partial charge in [-0.05, 0) is 80.4 Å². The van der Waals surface area contributed by atoms with Gasteiger partial charge in [-0.25, -0.2) is 0 Å². The van der Waals surface area contributed by atoms with E-state index in [0.717, 1.165) is 36.5 Å². The monoisotopic (exact) mass is 438 g/mol. The van der Waals surface area contributed by atoms with Crippen LogP contribution in [0.25, 0.3) is 0 Å². The average molecular weight is 439 g/mol. The third kappa shape index (κ3) is 9.32. The van der Waals surface area contributed by atoms with Crippen LogP contribution in [0.5, 0.6) is 5.75 Å². The fraction of sp³-hybridized carbons (Fsp3) is 0.742. The zero-order valence-electron chi connectivity index (χ0n) is 21.3. The summed E-state index contributed by atoms with van der Waals surface area (Å²) in [4.78, 5) is 0. The smallest absolute Gasteiger partial charge is 0.119 e.